The third-order valence-corrected chi connectivity index (χ3v) is 3.50. The van der Waals surface area contributed by atoms with E-state index in [2.05, 4.69) is 0 Å². The number of hydrogen-bond donors (Lipinski definition) is 2. The maximum Gasteiger partial charge on any atom is 0.123 e. The van der Waals surface area contributed by atoms with Crippen LogP contribution in [0.2, 0.25) is 0 Å². The van der Waals surface area contributed by atoms with Crippen molar-refractivity contribution < 1.29 is 4.39 Å². The zero-order chi connectivity index (χ0) is 14.8. The van der Waals surface area contributed by atoms with Crippen LogP contribution in [0.3, 0.4) is 0 Å². The summed E-state index contributed by atoms with van der Waals surface area (Å²) >= 11 is 0. The summed E-state index contributed by atoms with van der Waals surface area (Å²) in [4.78, 5) is 0. The average molecular weight is 278 g/mol. The molecule has 0 aliphatic heterocycles. The number of halogens is 1. The largest absolute Gasteiger partial charge is 0.398 e. The number of nitrogens with two attached hydrogens (primary N) is 2. The molecular weight excluding hydrogens is 263 g/mol. The van der Waals surface area contributed by atoms with E-state index in [0.717, 1.165) is 22.3 Å². The molecule has 0 saturated heterocycles. The van der Waals surface area contributed by atoms with Crippen molar-refractivity contribution in [3.8, 4) is 22.3 Å². The van der Waals surface area contributed by atoms with E-state index in [-0.39, 0.29) is 5.82 Å². The molecule has 0 radical (unpaired) electrons. The Hall–Kier alpha value is -2.81. The van der Waals surface area contributed by atoms with Crippen molar-refractivity contribution in [3.05, 3.63) is 72.5 Å². The van der Waals surface area contributed by atoms with Crippen LogP contribution in [0.1, 0.15) is 0 Å². The van der Waals surface area contributed by atoms with Gasteiger partial charge >= 0.3 is 0 Å². The Morgan fingerprint density at radius 3 is 2.00 bits per heavy atom. The number of rotatable bonds is 2. The zero-order valence-electron chi connectivity index (χ0n) is 11.4. The molecule has 0 atom stereocenters. The highest BCUT2D eigenvalue weighted by atomic mass is 19.1. The van der Waals surface area contributed by atoms with E-state index in [1.54, 1.807) is 12.1 Å². The van der Waals surface area contributed by atoms with Gasteiger partial charge in [-0.15, -0.1) is 0 Å². The van der Waals surface area contributed by atoms with Crippen LogP contribution >= 0.6 is 0 Å². The van der Waals surface area contributed by atoms with Crippen LogP contribution in [0.15, 0.2) is 66.7 Å². The van der Waals surface area contributed by atoms with Gasteiger partial charge in [0.2, 0.25) is 0 Å². The molecule has 3 aromatic carbocycles. The third-order valence-electron chi connectivity index (χ3n) is 3.50. The van der Waals surface area contributed by atoms with Gasteiger partial charge < -0.3 is 11.5 Å². The predicted molar refractivity (Wildman–Crippen MR) is 86.1 cm³/mol. The normalized spacial score (nSPS) is 10.5. The van der Waals surface area contributed by atoms with Crippen LogP contribution in [-0.4, -0.2) is 0 Å². The van der Waals surface area contributed by atoms with Gasteiger partial charge in [0.1, 0.15) is 5.82 Å². The van der Waals surface area contributed by atoms with Crippen molar-refractivity contribution in [1.29, 1.82) is 0 Å². The first-order valence-electron chi connectivity index (χ1n) is 6.66. The summed E-state index contributed by atoms with van der Waals surface area (Å²) in [6, 6.07) is 19.8. The van der Waals surface area contributed by atoms with Gasteiger partial charge in [0, 0.05) is 22.5 Å². The molecule has 0 saturated carbocycles. The quantitative estimate of drug-likeness (QED) is 0.686. The zero-order valence-corrected chi connectivity index (χ0v) is 11.4. The van der Waals surface area contributed by atoms with Gasteiger partial charge in [0.25, 0.3) is 0 Å². The first-order chi connectivity index (χ1) is 10.2. The minimum atomic E-state index is -0.282. The summed E-state index contributed by atoms with van der Waals surface area (Å²) in [6.07, 6.45) is 0. The van der Waals surface area contributed by atoms with Crippen LogP contribution in [0.25, 0.3) is 22.3 Å². The third kappa shape index (κ3) is 2.46. The van der Waals surface area contributed by atoms with Crippen LogP contribution in [0.5, 0.6) is 0 Å². The molecule has 0 unspecified atom stereocenters. The molecule has 0 amide bonds. The highest BCUT2D eigenvalue weighted by Gasteiger charge is 2.12. The van der Waals surface area contributed by atoms with Gasteiger partial charge in [-0.3, -0.25) is 0 Å². The van der Waals surface area contributed by atoms with Crippen molar-refractivity contribution in [3.63, 3.8) is 0 Å². The fraction of sp³-hybridized carbons (Fsp3) is 0. The summed E-state index contributed by atoms with van der Waals surface area (Å²) in [5.41, 5.74) is 17.1. The summed E-state index contributed by atoms with van der Waals surface area (Å²) in [6.45, 7) is 0. The number of anilines is 2. The Morgan fingerprint density at radius 2 is 1.33 bits per heavy atom. The highest BCUT2D eigenvalue weighted by molar-refractivity contribution is 5.95. The summed E-state index contributed by atoms with van der Waals surface area (Å²) in [5.74, 6) is -0.282. The lowest BCUT2D eigenvalue weighted by molar-refractivity contribution is 0.628. The maximum atomic E-state index is 13.1. The maximum absolute atomic E-state index is 13.1. The van der Waals surface area contributed by atoms with Crippen LogP contribution in [0.4, 0.5) is 15.8 Å². The standard InChI is InChI=1S/C18H15FN2/c19-14-8-6-13(7-9-14)17-16(20)11-10-15(18(17)21)12-4-2-1-3-5-12/h1-11H,20-21H2. The van der Waals surface area contributed by atoms with Gasteiger partial charge in [-0.05, 0) is 29.3 Å². The molecule has 3 rings (SSSR count). The van der Waals surface area contributed by atoms with E-state index in [1.165, 1.54) is 12.1 Å². The van der Waals surface area contributed by atoms with Gasteiger partial charge in [0.05, 0.1) is 0 Å². The second-order valence-corrected chi connectivity index (χ2v) is 4.86. The minimum absolute atomic E-state index is 0.282. The van der Waals surface area contributed by atoms with Crippen molar-refractivity contribution in [2.45, 2.75) is 0 Å². The van der Waals surface area contributed by atoms with Gasteiger partial charge in [-0.25, -0.2) is 4.39 Å². The molecule has 0 spiro atoms. The van der Waals surface area contributed by atoms with E-state index >= 15 is 0 Å². The summed E-state index contributed by atoms with van der Waals surface area (Å²) in [7, 11) is 0. The highest BCUT2D eigenvalue weighted by Crippen LogP contribution is 2.38. The number of nitrogen functional groups attached to an aromatic ring is 2. The molecular formula is C18H15FN2. The molecule has 4 N–H and O–H groups in total. The fourth-order valence-corrected chi connectivity index (χ4v) is 2.44. The second kappa shape index (κ2) is 5.29. The summed E-state index contributed by atoms with van der Waals surface area (Å²) < 4.78 is 13.1. The average Bonchev–Trinajstić information content (AvgIpc) is 2.50. The first kappa shape index (κ1) is 13.2. The predicted octanol–water partition coefficient (Wildman–Crippen LogP) is 4.32. The van der Waals surface area contributed by atoms with E-state index in [1.807, 2.05) is 42.5 Å². The van der Waals surface area contributed by atoms with E-state index in [9.17, 15) is 4.39 Å². The van der Waals surface area contributed by atoms with E-state index in [0.29, 0.717) is 11.4 Å². The van der Waals surface area contributed by atoms with E-state index in [4.69, 9.17) is 11.5 Å². The van der Waals surface area contributed by atoms with Crippen molar-refractivity contribution in [2.24, 2.45) is 0 Å². The van der Waals surface area contributed by atoms with Crippen LogP contribution in [-0.2, 0) is 0 Å². The molecule has 0 fully saturated rings. The molecule has 3 aromatic rings. The molecule has 3 heteroatoms. The topological polar surface area (TPSA) is 52.0 Å². The summed E-state index contributed by atoms with van der Waals surface area (Å²) in [5, 5.41) is 0. The van der Waals surface area contributed by atoms with Crippen LogP contribution < -0.4 is 11.5 Å². The van der Waals surface area contributed by atoms with Crippen LogP contribution in [0, 0.1) is 5.82 Å². The van der Waals surface area contributed by atoms with Crippen molar-refractivity contribution >= 4 is 11.4 Å². The molecule has 0 aliphatic rings. The Bertz CT molecular complexity index is 765. The van der Waals surface area contributed by atoms with Crippen molar-refractivity contribution in [2.75, 3.05) is 11.5 Å². The lowest BCUT2D eigenvalue weighted by Crippen LogP contribution is -1.99. The molecule has 2 nitrogen and oxygen atoms in total. The van der Waals surface area contributed by atoms with Gasteiger partial charge in [0.15, 0.2) is 0 Å². The Balaban J connectivity index is 2.19. The second-order valence-electron chi connectivity index (χ2n) is 4.86. The van der Waals surface area contributed by atoms with Gasteiger partial charge in [-0.2, -0.15) is 0 Å². The minimum Gasteiger partial charge on any atom is -0.398 e. The monoisotopic (exact) mass is 278 g/mol. The first-order valence-corrected chi connectivity index (χ1v) is 6.66. The SMILES string of the molecule is Nc1ccc(-c2ccccc2)c(N)c1-c1ccc(F)cc1. The molecule has 104 valence electrons. The Kier molecular flexibility index (Phi) is 3.32. The molecule has 21 heavy (non-hydrogen) atoms. The van der Waals surface area contributed by atoms with Gasteiger partial charge in [-0.1, -0.05) is 48.5 Å². The number of benzene rings is 3. The molecule has 0 aromatic heterocycles. The Morgan fingerprint density at radius 1 is 0.667 bits per heavy atom. The van der Waals surface area contributed by atoms with E-state index < -0.39 is 0 Å². The Labute approximate surface area is 122 Å². The lowest BCUT2D eigenvalue weighted by atomic mass is 9.95. The fourth-order valence-electron chi connectivity index (χ4n) is 2.44. The van der Waals surface area contributed by atoms with Crippen molar-refractivity contribution in [1.82, 2.24) is 0 Å². The smallest absolute Gasteiger partial charge is 0.123 e. The molecule has 0 heterocycles. The lowest BCUT2D eigenvalue weighted by Gasteiger charge is -2.14. The molecule has 0 bridgehead atoms. The molecule has 0 aliphatic carbocycles. The number of hydrogen-bond acceptors (Lipinski definition) is 2.